The van der Waals surface area contributed by atoms with Crippen molar-refractivity contribution in [3.63, 3.8) is 0 Å². The molecule has 0 aliphatic rings. The fourth-order valence-corrected chi connectivity index (χ4v) is 3.34. The van der Waals surface area contributed by atoms with Gasteiger partial charge in [0.05, 0.1) is 14.7 Å². The largest absolute Gasteiger partial charge is 0.383 e. The Labute approximate surface area is 116 Å². The molecule has 1 aromatic carbocycles. The Morgan fingerprint density at radius 2 is 1.84 bits per heavy atom. The Morgan fingerprint density at radius 1 is 1.26 bits per heavy atom. The summed E-state index contributed by atoms with van der Waals surface area (Å²) in [5.74, 6) is 0. The van der Waals surface area contributed by atoms with Crippen molar-refractivity contribution >= 4 is 18.2 Å². The average Bonchev–Trinajstić information content (AvgIpc) is 2.23. The van der Waals surface area contributed by atoms with Gasteiger partial charge in [-0.3, -0.25) is 4.55 Å². The van der Waals surface area contributed by atoms with Crippen LogP contribution in [0.3, 0.4) is 0 Å². The van der Waals surface area contributed by atoms with Crippen molar-refractivity contribution < 1.29 is 17.7 Å². The summed E-state index contributed by atoms with van der Waals surface area (Å²) in [5, 5.41) is -1.01. The molecule has 0 aliphatic carbocycles. The molecule has 1 aromatic rings. The van der Waals surface area contributed by atoms with Gasteiger partial charge in [0, 0.05) is 6.23 Å². The smallest absolute Gasteiger partial charge is 0.274 e. The predicted octanol–water partition coefficient (Wildman–Crippen LogP) is 2.82. The van der Waals surface area contributed by atoms with Crippen LogP contribution in [0.25, 0.3) is 0 Å². The Balaban J connectivity index is 2.90. The topological polar surface area (TPSA) is 63.6 Å². The Hall–Kier alpha value is -0.693. The molecule has 108 valence electrons. The number of rotatable bonds is 6. The predicted molar refractivity (Wildman–Crippen MR) is 79.6 cm³/mol. The van der Waals surface area contributed by atoms with Crippen molar-refractivity contribution in [1.82, 2.24) is 0 Å². The zero-order valence-corrected chi connectivity index (χ0v) is 13.7. The van der Waals surface area contributed by atoms with E-state index in [2.05, 4.69) is 19.6 Å². The van der Waals surface area contributed by atoms with Crippen molar-refractivity contribution in [3.05, 3.63) is 35.4 Å². The van der Waals surface area contributed by atoms with Crippen molar-refractivity contribution in [2.45, 2.75) is 31.8 Å². The molecule has 0 amide bonds. The summed E-state index contributed by atoms with van der Waals surface area (Å²) in [5.41, 5.74) is 1.43. The standard InChI is InChI=1S/C13H22O4SSi/c1-11-7-5-6-8-12(11)13(18(14,15)16)9-17-10-19(2,3)4/h5-8,13H,9-10H2,1-4H3,(H,14,15,16). The first-order chi connectivity index (χ1) is 8.61. The molecule has 0 heterocycles. The minimum Gasteiger partial charge on any atom is -0.383 e. The zero-order valence-electron chi connectivity index (χ0n) is 11.9. The summed E-state index contributed by atoms with van der Waals surface area (Å²) in [4.78, 5) is 0. The SMILES string of the molecule is Cc1ccccc1C(COC[Si](C)(C)C)S(=O)(=O)O. The highest BCUT2D eigenvalue weighted by molar-refractivity contribution is 7.86. The molecule has 4 nitrogen and oxygen atoms in total. The first-order valence-corrected chi connectivity index (χ1v) is 11.4. The van der Waals surface area contributed by atoms with Gasteiger partial charge >= 0.3 is 0 Å². The molecule has 0 saturated heterocycles. The highest BCUT2D eigenvalue weighted by Crippen LogP contribution is 2.25. The lowest BCUT2D eigenvalue weighted by molar-refractivity contribution is 0.170. The average molecular weight is 302 g/mol. The first kappa shape index (κ1) is 16.4. The molecule has 1 rings (SSSR count). The van der Waals surface area contributed by atoms with Crippen LogP contribution in [-0.4, -0.2) is 33.9 Å². The van der Waals surface area contributed by atoms with Crippen LogP contribution in [0.5, 0.6) is 0 Å². The summed E-state index contributed by atoms with van der Waals surface area (Å²) >= 11 is 0. The van der Waals surface area contributed by atoms with Crippen LogP contribution in [0.15, 0.2) is 24.3 Å². The second-order valence-electron chi connectivity index (χ2n) is 5.94. The third kappa shape index (κ3) is 5.44. The molecular formula is C13H22O4SSi. The molecule has 0 saturated carbocycles. The second-order valence-corrected chi connectivity index (χ2v) is 12.9. The van der Waals surface area contributed by atoms with Gasteiger partial charge in [0.1, 0.15) is 5.25 Å². The van der Waals surface area contributed by atoms with Gasteiger partial charge in [0.2, 0.25) is 0 Å². The van der Waals surface area contributed by atoms with E-state index in [0.717, 1.165) is 5.56 Å². The Morgan fingerprint density at radius 3 is 2.32 bits per heavy atom. The lowest BCUT2D eigenvalue weighted by Gasteiger charge is -2.20. The molecule has 1 atom stereocenters. The highest BCUT2D eigenvalue weighted by atomic mass is 32.2. The molecule has 0 aliphatic heterocycles. The lowest BCUT2D eigenvalue weighted by atomic mass is 10.1. The fraction of sp³-hybridized carbons (Fsp3) is 0.538. The maximum absolute atomic E-state index is 11.5. The molecule has 0 spiro atoms. The number of aryl methyl sites for hydroxylation is 1. The van der Waals surface area contributed by atoms with E-state index in [-0.39, 0.29) is 6.61 Å². The lowest BCUT2D eigenvalue weighted by Crippen LogP contribution is -2.30. The Kier molecular flexibility index (Phi) is 5.31. The molecule has 1 unspecified atom stereocenters. The van der Waals surface area contributed by atoms with Gasteiger partial charge in [-0.15, -0.1) is 0 Å². The van der Waals surface area contributed by atoms with Gasteiger partial charge in [-0.1, -0.05) is 43.9 Å². The van der Waals surface area contributed by atoms with E-state index in [4.69, 9.17) is 4.74 Å². The van der Waals surface area contributed by atoms with Crippen LogP contribution in [0.1, 0.15) is 16.4 Å². The van der Waals surface area contributed by atoms with Crippen LogP contribution in [0.2, 0.25) is 19.6 Å². The summed E-state index contributed by atoms with van der Waals surface area (Å²) in [6.07, 6.45) is 0.574. The summed E-state index contributed by atoms with van der Waals surface area (Å²) in [6.45, 7) is 8.25. The molecule has 1 N–H and O–H groups in total. The van der Waals surface area contributed by atoms with Gasteiger partial charge in [0.25, 0.3) is 10.1 Å². The second kappa shape index (κ2) is 6.17. The van der Waals surface area contributed by atoms with E-state index >= 15 is 0 Å². The number of benzene rings is 1. The van der Waals surface area contributed by atoms with Crippen LogP contribution in [0.4, 0.5) is 0 Å². The van der Waals surface area contributed by atoms with Crippen molar-refractivity contribution in [3.8, 4) is 0 Å². The number of hydrogen-bond acceptors (Lipinski definition) is 3. The van der Waals surface area contributed by atoms with Gasteiger partial charge in [-0.25, -0.2) is 0 Å². The molecule has 0 bridgehead atoms. The van der Waals surface area contributed by atoms with Crippen LogP contribution >= 0.6 is 0 Å². The van der Waals surface area contributed by atoms with E-state index in [0.29, 0.717) is 11.8 Å². The fourth-order valence-electron chi connectivity index (χ4n) is 1.76. The molecule has 0 radical (unpaired) electrons. The maximum atomic E-state index is 11.5. The monoisotopic (exact) mass is 302 g/mol. The van der Waals surface area contributed by atoms with Crippen molar-refractivity contribution in [2.24, 2.45) is 0 Å². The molecule has 0 aromatic heterocycles. The van der Waals surface area contributed by atoms with Gasteiger partial charge in [0.15, 0.2) is 0 Å². The first-order valence-electron chi connectivity index (χ1n) is 6.21. The van der Waals surface area contributed by atoms with Crippen LogP contribution in [0, 0.1) is 6.92 Å². The molecule has 6 heteroatoms. The van der Waals surface area contributed by atoms with E-state index < -0.39 is 23.4 Å². The third-order valence-corrected chi connectivity index (χ3v) is 4.88. The van der Waals surface area contributed by atoms with E-state index in [9.17, 15) is 13.0 Å². The van der Waals surface area contributed by atoms with Gasteiger partial charge in [-0.2, -0.15) is 8.42 Å². The number of hydrogen-bond donors (Lipinski definition) is 1. The zero-order chi connectivity index (χ0) is 14.7. The summed E-state index contributed by atoms with van der Waals surface area (Å²) in [7, 11) is -5.56. The molecule has 0 fully saturated rings. The van der Waals surface area contributed by atoms with Gasteiger partial charge < -0.3 is 4.74 Å². The number of ether oxygens (including phenoxy) is 1. The van der Waals surface area contributed by atoms with Crippen LogP contribution < -0.4 is 0 Å². The Bertz CT molecular complexity index is 520. The van der Waals surface area contributed by atoms with E-state index in [1.807, 2.05) is 19.1 Å². The minimum absolute atomic E-state index is 0.00600. The van der Waals surface area contributed by atoms with Crippen molar-refractivity contribution in [2.75, 3.05) is 12.8 Å². The molecular weight excluding hydrogens is 280 g/mol. The van der Waals surface area contributed by atoms with Crippen LogP contribution in [-0.2, 0) is 14.9 Å². The third-order valence-electron chi connectivity index (χ3n) is 2.70. The minimum atomic E-state index is -4.17. The highest BCUT2D eigenvalue weighted by Gasteiger charge is 2.27. The maximum Gasteiger partial charge on any atom is 0.274 e. The quantitative estimate of drug-likeness (QED) is 0.648. The normalized spacial score (nSPS) is 14.4. The summed E-state index contributed by atoms with van der Waals surface area (Å²) in [6, 6.07) is 7.14. The molecule has 19 heavy (non-hydrogen) atoms. The van der Waals surface area contributed by atoms with E-state index in [1.54, 1.807) is 12.1 Å². The van der Waals surface area contributed by atoms with E-state index in [1.165, 1.54) is 0 Å². The van der Waals surface area contributed by atoms with Gasteiger partial charge in [-0.05, 0) is 18.1 Å². The van der Waals surface area contributed by atoms with Crippen molar-refractivity contribution in [1.29, 1.82) is 0 Å². The summed E-state index contributed by atoms with van der Waals surface area (Å²) < 4.78 is 38.0.